The Morgan fingerprint density at radius 2 is 2.05 bits per heavy atom. The summed E-state index contributed by atoms with van der Waals surface area (Å²) in [5, 5.41) is 21.3. The summed E-state index contributed by atoms with van der Waals surface area (Å²) in [6, 6.07) is 5.90. The van der Waals surface area contributed by atoms with E-state index >= 15 is 0 Å². The predicted molar refractivity (Wildman–Crippen MR) is 79.7 cm³/mol. The molecule has 0 aliphatic rings. The molecule has 0 aliphatic carbocycles. The summed E-state index contributed by atoms with van der Waals surface area (Å²) >= 11 is 0. The number of hydrogen-bond donors (Lipinski definition) is 2. The highest BCUT2D eigenvalue weighted by atomic mass is 16.3. The molecule has 0 aliphatic heterocycles. The number of pyridine rings is 1. The number of aromatic nitrogens is 3. The highest BCUT2D eigenvalue weighted by molar-refractivity contribution is 5.36. The van der Waals surface area contributed by atoms with Crippen LogP contribution in [0.2, 0.25) is 0 Å². The summed E-state index contributed by atoms with van der Waals surface area (Å²) in [4.78, 5) is 0. The van der Waals surface area contributed by atoms with Crippen molar-refractivity contribution < 1.29 is 5.11 Å². The van der Waals surface area contributed by atoms with Gasteiger partial charge in [0.1, 0.15) is 5.82 Å². The van der Waals surface area contributed by atoms with Crippen LogP contribution in [-0.2, 0) is 6.42 Å². The monoisotopic (exact) mass is 276 g/mol. The van der Waals surface area contributed by atoms with E-state index < -0.39 is 0 Å². The lowest BCUT2D eigenvalue weighted by Crippen LogP contribution is -2.37. The van der Waals surface area contributed by atoms with Crippen molar-refractivity contribution in [2.45, 2.75) is 33.1 Å². The molecule has 0 fully saturated rings. The fourth-order valence-electron chi connectivity index (χ4n) is 2.39. The van der Waals surface area contributed by atoms with Crippen LogP contribution in [0.3, 0.4) is 0 Å². The lowest BCUT2D eigenvalue weighted by Gasteiger charge is -2.29. The molecule has 0 bridgehead atoms. The van der Waals surface area contributed by atoms with E-state index in [1.54, 1.807) is 0 Å². The summed E-state index contributed by atoms with van der Waals surface area (Å²) in [6.45, 7) is 6.19. The zero-order chi connectivity index (χ0) is 14.4. The Morgan fingerprint density at radius 3 is 2.75 bits per heavy atom. The second kappa shape index (κ2) is 6.81. The molecular weight excluding hydrogens is 252 g/mol. The molecule has 0 radical (unpaired) electrons. The number of nitrogens with zero attached hydrogens (tertiary/aromatic N) is 3. The van der Waals surface area contributed by atoms with Crippen LogP contribution in [0.25, 0.3) is 5.65 Å². The van der Waals surface area contributed by atoms with Gasteiger partial charge in [0, 0.05) is 37.7 Å². The Morgan fingerprint density at radius 1 is 1.25 bits per heavy atom. The first-order valence-electron chi connectivity index (χ1n) is 7.35. The zero-order valence-corrected chi connectivity index (χ0v) is 12.3. The average molecular weight is 276 g/mol. The van der Waals surface area contributed by atoms with Gasteiger partial charge in [-0.05, 0) is 25.0 Å². The molecule has 2 aromatic heterocycles. The van der Waals surface area contributed by atoms with E-state index in [4.69, 9.17) is 0 Å². The number of fused-ring (bicyclic) bond motifs is 1. The maximum absolute atomic E-state index is 9.53. The molecule has 110 valence electrons. The zero-order valence-electron chi connectivity index (χ0n) is 12.3. The maximum Gasteiger partial charge on any atom is 0.160 e. The van der Waals surface area contributed by atoms with E-state index in [1.807, 2.05) is 28.8 Å². The van der Waals surface area contributed by atoms with Gasteiger partial charge in [0.25, 0.3) is 0 Å². The lowest BCUT2D eigenvalue weighted by molar-refractivity contribution is 0.113. The molecule has 5 heteroatoms. The normalized spacial score (nSPS) is 12.2. The molecule has 0 amide bonds. The molecule has 0 unspecified atom stereocenters. The Hall–Kier alpha value is -1.46. The van der Waals surface area contributed by atoms with E-state index in [0.717, 1.165) is 43.8 Å². The number of aliphatic hydroxyl groups is 1. The number of aliphatic hydroxyl groups excluding tert-OH is 1. The summed E-state index contributed by atoms with van der Waals surface area (Å²) in [7, 11) is 0. The standard InChI is InChI=1S/C15H24N4O/c1-3-15(4-2,12-20)11-16-9-8-14-18-17-13-7-5-6-10-19(13)14/h5-7,10,16,20H,3-4,8-9,11-12H2,1-2H3. The third kappa shape index (κ3) is 3.16. The van der Waals surface area contributed by atoms with E-state index in [2.05, 4.69) is 29.4 Å². The molecule has 5 nitrogen and oxygen atoms in total. The van der Waals surface area contributed by atoms with Gasteiger partial charge < -0.3 is 10.4 Å². The van der Waals surface area contributed by atoms with Gasteiger partial charge in [-0.15, -0.1) is 10.2 Å². The van der Waals surface area contributed by atoms with Crippen molar-refractivity contribution in [1.82, 2.24) is 19.9 Å². The van der Waals surface area contributed by atoms with Crippen molar-refractivity contribution in [2.75, 3.05) is 19.7 Å². The Bertz CT molecular complexity index is 525. The third-order valence-corrected chi connectivity index (χ3v) is 4.25. The van der Waals surface area contributed by atoms with Gasteiger partial charge in [0.2, 0.25) is 0 Å². The Balaban J connectivity index is 1.87. The second-order valence-corrected chi connectivity index (χ2v) is 5.34. The molecule has 0 atom stereocenters. The smallest absolute Gasteiger partial charge is 0.160 e. The van der Waals surface area contributed by atoms with Crippen molar-refractivity contribution in [1.29, 1.82) is 0 Å². The SMILES string of the molecule is CCC(CC)(CO)CNCCc1nnc2ccccn12. The second-order valence-electron chi connectivity index (χ2n) is 5.34. The summed E-state index contributed by atoms with van der Waals surface area (Å²) < 4.78 is 2.01. The van der Waals surface area contributed by atoms with Crippen molar-refractivity contribution in [3.8, 4) is 0 Å². The molecule has 2 rings (SSSR count). The number of nitrogens with one attached hydrogen (secondary N) is 1. The third-order valence-electron chi connectivity index (χ3n) is 4.25. The average Bonchev–Trinajstić information content (AvgIpc) is 2.92. The van der Waals surface area contributed by atoms with Gasteiger partial charge in [0.15, 0.2) is 5.65 Å². The van der Waals surface area contributed by atoms with Gasteiger partial charge in [-0.2, -0.15) is 0 Å². The highest BCUT2D eigenvalue weighted by Gasteiger charge is 2.24. The summed E-state index contributed by atoms with van der Waals surface area (Å²) in [6.07, 6.45) is 4.79. The molecule has 20 heavy (non-hydrogen) atoms. The minimum absolute atomic E-state index is 0.00686. The lowest BCUT2D eigenvalue weighted by atomic mass is 9.83. The van der Waals surface area contributed by atoms with E-state index in [9.17, 15) is 5.11 Å². The van der Waals surface area contributed by atoms with Crippen LogP contribution in [0, 0.1) is 5.41 Å². The van der Waals surface area contributed by atoms with Crippen LogP contribution in [0.5, 0.6) is 0 Å². The highest BCUT2D eigenvalue weighted by Crippen LogP contribution is 2.24. The van der Waals surface area contributed by atoms with Crippen LogP contribution < -0.4 is 5.32 Å². The van der Waals surface area contributed by atoms with E-state index in [-0.39, 0.29) is 12.0 Å². The molecule has 2 N–H and O–H groups in total. The molecule has 0 saturated carbocycles. The van der Waals surface area contributed by atoms with Crippen molar-refractivity contribution in [3.05, 3.63) is 30.2 Å². The maximum atomic E-state index is 9.53. The summed E-state index contributed by atoms with van der Waals surface area (Å²) in [5.74, 6) is 0.968. The first-order valence-corrected chi connectivity index (χ1v) is 7.35. The van der Waals surface area contributed by atoms with E-state index in [0.29, 0.717) is 0 Å². The molecule has 2 aromatic rings. The first-order chi connectivity index (χ1) is 9.74. The molecular formula is C15H24N4O. The first kappa shape index (κ1) is 14.9. The molecule has 0 saturated heterocycles. The fraction of sp³-hybridized carbons (Fsp3) is 0.600. The predicted octanol–water partition coefficient (Wildman–Crippen LogP) is 1.66. The van der Waals surface area contributed by atoms with Crippen LogP contribution in [0.4, 0.5) is 0 Å². The molecule has 0 aromatic carbocycles. The van der Waals surface area contributed by atoms with Crippen molar-refractivity contribution >= 4 is 5.65 Å². The van der Waals surface area contributed by atoms with Crippen molar-refractivity contribution in [2.24, 2.45) is 5.41 Å². The van der Waals surface area contributed by atoms with Crippen molar-refractivity contribution in [3.63, 3.8) is 0 Å². The van der Waals surface area contributed by atoms with Gasteiger partial charge in [-0.1, -0.05) is 19.9 Å². The number of hydrogen-bond acceptors (Lipinski definition) is 4. The van der Waals surface area contributed by atoms with Gasteiger partial charge >= 0.3 is 0 Å². The molecule has 2 heterocycles. The quantitative estimate of drug-likeness (QED) is 0.720. The summed E-state index contributed by atoms with van der Waals surface area (Å²) in [5.41, 5.74) is 0.890. The minimum atomic E-state index is 0.00686. The van der Waals surface area contributed by atoms with Gasteiger partial charge in [0.05, 0.1) is 0 Å². The topological polar surface area (TPSA) is 62.5 Å². The van der Waals surface area contributed by atoms with Crippen LogP contribution >= 0.6 is 0 Å². The fourth-order valence-corrected chi connectivity index (χ4v) is 2.39. The minimum Gasteiger partial charge on any atom is -0.396 e. The van der Waals surface area contributed by atoms with Gasteiger partial charge in [-0.3, -0.25) is 4.40 Å². The number of rotatable bonds is 8. The van der Waals surface area contributed by atoms with E-state index in [1.165, 1.54) is 0 Å². The van der Waals surface area contributed by atoms with Crippen LogP contribution in [-0.4, -0.2) is 39.4 Å². The van der Waals surface area contributed by atoms with Crippen LogP contribution in [0.1, 0.15) is 32.5 Å². The Kier molecular flexibility index (Phi) is 5.09. The largest absolute Gasteiger partial charge is 0.396 e. The van der Waals surface area contributed by atoms with Crippen LogP contribution in [0.15, 0.2) is 24.4 Å². The Labute approximate surface area is 120 Å². The molecule has 0 spiro atoms. The van der Waals surface area contributed by atoms with Gasteiger partial charge in [-0.25, -0.2) is 0 Å².